The zero-order valence-electron chi connectivity index (χ0n) is 13.5. The first-order chi connectivity index (χ1) is 12.3. The van der Waals surface area contributed by atoms with Crippen molar-refractivity contribution in [2.75, 3.05) is 0 Å². The largest absolute Gasteiger partial charge is 0.444 e. The Kier molecular flexibility index (Phi) is 4.30. The lowest BCUT2D eigenvalue weighted by Gasteiger charge is -2.06. The van der Waals surface area contributed by atoms with E-state index in [0.717, 1.165) is 27.7 Å². The second-order valence-corrected chi connectivity index (χ2v) is 6.40. The van der Waals surface area contributed by atoms with Gasteiger partial charge in [0.25, 0.3) is 0 Å². The van der Waals surface area contributed by atoms with Crippen LogP contribution in [0.15, 0.2) is 70.4 Å². The van der Waals surface area contributed by atoms with Crippen molar-refractivity contribution in [2.45, 2.75) is 17.8 Å². The third kappa shape index (κ3) is 3.32. The maximum Gasteiger partial charge on any atom is 0.226 e. The fourth-order valence-corrected chi connectivity index (χ4v) is 3.21. The van der Waals surface area contributed by atoms with E-state index in [1.54, 1.807) is 10.9 Å². The van der Waals surface area contributed by atoms with E-state index in [2.05, 4.69) is 20.5 Å². The standard InChI is InChI=1S/C18H15N5OS/c1-13-7-5-6-10-16(13)23-18(20-21-22-23)25-12-15-11-24-17(19-15)14-8-3-2-4-9-14/h2-11H,12H2,1H3. The van der Waals surface area contributed by atoms with E-state index in [4.69, 9.17) is 4.42 Å². The number of benzene rings is 2. The lowest BCUT2D eigenvalue weighted by Crippen LogP contribution is -2.01. The summed E-state index contributed by atoms with van der Waals surface area (Å²) in [6, 6.07) is 17.8. The molecule has 0 aliphatic carbocycles. The van der Waals surface area contributed by atoms with Crippen LogP contribution in [0.2, 0.25) is 0 Å². The van der Waals surface area contributed by atoms with Gasteiger partial charge in [-0.2, -0.15) is 4.68 Å². The Morgan fingerprint density at radius 3 is 2.68 bits per heavy atom. The van der Waals surface area contributed by atoms with Crippen LogP contribution >= 0.6 is 11.8 Å². The number of oxazole rings is 1. The summed E-state index contributed by atoms with van der Waals surface area (Å²) in [4.78, 5) is 4.53. The van der Waals surface area contributed by atoms with Crippen LogP contribution in [-0.2, 0) is 5.75 Å². The lowest BCUT2D eigenvalue weighted by atomic mass is 10.2. The Balaban J connectivity index is 1.51. The highest BCUT2D eigenvalue weighted by Gasteiger charge is 2.13. The van der Waals surface area contributed by atoms with E-state index in [-0.39, 0.29) is 0 Å². The second kappa shape index (κ2) is 6.90. The molecule has 2 aromatic heterocycles. The van der Waals surface area contributed by atoms with Crippen LogP contribution in [0.25, 0.3) is 17.1 Å². The van der Waals surface area contributed by atoms with Crippen molar-refractivity contribution in [3.05, 3.63) is 72.1 Å². The molecular formula is C18H15N5OS. The van der Waals surface area contributed by atoms with Gasteiger partial charge in [-0.25, -0.2) is 4.98 Å². The molecule has 2 heterocycles. The molecule has 7 heteroatoms. The minimum Gasteiger partial charge on any atom is -0.444 e. The summed E-state index contributed by atoms with van der Waals surface area (Å²) in [6.07, 6.45) is 1.68. The number of thioether (sulfide) groups is 1. The summed E-state index contributed by atoms with van der Waals surface area (Å²) >= 11 is 1.52. The van der Waals surface area contributed by atoms with Crippen molar-refractivity contribution in [3.63, 3.8) is 0 Å². The van der Waals surface area contributed by atoms with Crippen LogP contribution in [-0.4, -0.2) is 25.2 Å². The maximum absolute atomic E-state index is 5.57. The molecular weight excluding hydrogens is 334 g/mol. The number of tetrazole rings is 1. The van der Waals surface area contributed by atoms with Crippen molar-refractivity contribution in [1.82, 2.24) is 25.2 Å². The molecule has 0 atom stereocenters. The quantitative estimate of drug-likeness (QED) is 0.509. The lowest BCUT2D eigenvalue weighted by molar-refractivity contribution is 0.573. The number of para-hydroxylation sites is 1. The van der Waals surface area contributed by atoms with Crippen LogP contribution in [0.3, 0.4) is 0 Å². The summed E-state index contributed by atoms with van der Waals surface area (Å²) in [7, 11) is 0. The number of aryl methyl sites for hydroxylation is 1. The number of hydrogen-bond acceptors (Lipinski definition) is 6. The Bertz CT molecular complexity index is 980. The van der Waals surface area contributed by atoms with Gasteiger partial charge in [0.05, 0.1) is 11.4 Å². The fraction of sp³-hybridized carbons (Fsp3) is 0.111. The van der Waals surface area contributed by atoms with Gasteiger partial charge in [0.15, 0.2) is 0 Å². The van der Waals surface area contributed by atoms with E-state index in [0.29, 0.717) is 11.6 Å². The van der Waals surface area contributed by atoms with Crippen molar-refractivity contribution < 1.29 is 4.42 Å². The van der Waals surface area contributed by atoms with Gasteiger partial charge in [0, 0.05) is 11.3 Å². The van der Waals surface area contributed by atoms with Gasteiger partial charge < -0.3 is 4.42 Å². The van der Waals surface area contributed by atoms with E-state index in [1.165, 1.54) is 11.8 Å². The van der Waals surface area contributed by atoms with Gasteiger partial charge in [-0.1, -0.05) is 48.2 Å². The highest BCUT2D eigenvalue weighted by atomic mass is 32.2. The van der Waals surface area contributed by atoms with Crippen molar-refractivity contribution >= 4 is 11.8 Å². The predicted octanol–water partition coefficient (Wildman–Crippen LogP) is 3.92. The van der Waals surface area contributed by atoms with Gasteiger partial charge in [0.2, 0.25) is 11.0 Å². The number of aromatic nitrogens is 5. The second-order valence-electron chi connectivity index (χ2n) is 5.46. The van der Waals surface area contributed by atoms with E-state index >= 15 is 0 Å². The molecule has 2 aromatic carbocycles. The number of rotatable bonds is 5. The van der Waals surface area contributed by atoms with Crippen LogP contribution in [0, 0.1) is 6.92 Å². The first kappa shape index (κ1) is 15.6. The third-order valence-corrected chi connectivity index (χ3v) is 4.66. The average Bonchev–Trinajstić information content (AvgIpc) is 3.30. The van der Waals surface area contributed by atoms with E-state index in [1.807, 2.05) is 61.5 Å². The summed E-state index contributed by atoms with van der Waals surface area (Å²) in [5.74, 6) is 1.25. The molecule has 4 rings (SSSR count). The molecule has 0 unspecified atom stereocenters. The summed E-state index contributed by atoms with van der Waals surface area (Å²) in [6.45, 7) is 2.04. The van der Waals surface area contributed by atoms with Gasteiger partial charge in [-0.15, -0.1) is 5.10 Å². The minimum absolute atomic E-state index is 0.620. The molecule has 0 aliphatic rings. The first-order valence-corrected chi connectivity index (χ1v) is 8.77. The molecule has 0 amide bonds. The molecule has 0 bridgehead atoms. The molecule has 0 N–H and O–H groups in total. The molecule has 0 spiro atoms. The SMILES string of the molecule is Cc1ccccc1-n1nnnc1SCc1coc(-c2ccccc2)n1. The zero-order chi connectivity index (χ0) is 17.1. The third-order valence-electron chi connectivity index (χ3n) is 3.71. The highest BCUT2D eigenvalue weighted by molar-refractivity contribution is 7.98. The van der Waals surface area contributed by atoms with Crippen LogP contribution in [0.4, 0.5) is 0 Å². The monoisotopic (exact) mass is 349 g/mol. The first-order valence-electron chi connectivity index (χ1n) is 7.78. The highest BCUT2D eigenvalue weighted by Crippen LogP contribution is 2.25. The van der Waals surface area contributed by atoms with Crippen LogP contribution in [0.5, 0.6) is 0 Å². The molecule has 6 nitrogen and oxygen atoms in total. The van der Waals surface area contributed by atoms with Gasteiger partial charge in [-0.05, 0) is 41.1 Å². The Morgan fingerprint density at radius 1 is 1.04 bits per heavy atom. The summed E-state index contributed by atoms with van der Waals surface area (Å²) < 4.78 is 7.32. The van der Waals surface area contributed by atoms with Crippen LogP contribution < -0.4 is 0 Å². The molecule has 4 aromatic rings. The molecule has 0 saturated carbocycles. The molecule has 25 heavy (non-hydrogen) atoms. The van der Waals surface area contributed by atoms with Crippen molar-refractivity contribution in [1.29, 1.82) is 0 Å². The summed E-state index contributed by atoms with van der Waals surface area (Å²) in [5.41, 5.74) is 3.90. The van der Waals surface area contributed by atoms with Crippen molar-refractivity contribution in [3.8, 4) is 17.1 Å². The summed E-state index contributed by atoms with van der Waals surface area (Å²) in [5, 5.41) is 12.7. The molecule has 0 radical (unpaired) electrons. The van der Waals surface area contributed by atoms with Gasteiger partial charge >= 0.3 is 0 Å². The molecule has 124 valence electrons. The normalized spacial score (nSPS) is 10.9. The number of nitrogens with zero attached hydrogens (tertiary/aromatic N) is 5. The Hall–Kier alpha value is -2.93. The Morgan fingerprint density at radius 2 is 1.84 bits per heavy atom. The molecule has 0 fully saturated rings. The van der Waals surface area contributed by atoms with E-state index in [9.17, 15) is 0 Å². The Labute approximate surface area is 148 Å². The van der Waals surface area contributed by atoms with Gasteiger partial charge in [0.1, 0.15) is 6.26 Å². The van der Waals surface area contributed by atoms with E-state index < -0.39 is 0 Å². The molecule has 0 aliphatic heterocycles. The smallest absolute Gasteiger partial charge is 0.226 e. The minimum atomic E-state index is 0.620. The zero-order valence-corrected chi connectivity index (χ0v) is 14.3. The van der Waals surface area contributed by atoms with Gasteiger partial charge in [-0.3, -0.25) is 0 Å². The topological polar surface area (TPSA) is 69.6 Å². The maximum atomic E-state index is 5.57. The van der Waals surface area contributed by atoms with Crippen LogP contribution in [0.1, 0.15) is 11.3 Å². The van der Waals surface area contributed by atoms with Crippen molar-refractivity contribution in [2.24, 2.45) is 0 Å². The fourth-order valence-electron chi connectivity index (χ4n) is 2.45. The average molecular weight is 349 g/mol. The molecule has 0 saturated heterocycles. The number of hydrogen-bond donors (Lipinski definition) is 0. The predicted molar refractivity (Wildman–Crippen MR) is 95.4 cm³/mol.